The predicted molar refractivity (Wildman–Crippen MR) is 103 cm³/mol. The summed E-state index contributed by atoms with van der Waals surface area (Å²) in [5.74, 6) is -0.586. The van der Waals surface area contributed by atoms with Crippen molar-refractivity contribution in [2.75, 3.05) is 18.4 Å². The molecule has 1 aliphatic heterocycles. The van der Waals surface area contributed by atoms with E-state index in [1.165, 1.54) is 0 Å². The van der Waals surface area contributed by atoms with Crippen LogP contribution in [0.1, 0.15) is 18.4 Å². The van der Waals surface area contributed by atoms with Crippen molar-refractivity contribution in [3.63, 3.8) is 0 Å². The fourth-order valence-corrected chi connectivity index (χ4v) is 4.88. The van der Waals surface area contributed by atoms with Gasteiger partial charge in [0.05, 0.1) is 15.5 Å². The molecule has 0 aromatic heterocycles. The van der Waals surface area contributed by atoms with Crippen LogP contribution in [0.2, 0.25) is 5.02 Å². The molecule has 1 N–H and O–H groups in total. The Bertz CT molecular complexity index is 990. The number of nitrogens with zero attached hydrogens (tertiary/aromatic N) is 1. The molecule has 2 aromatic carbocycles. The first kappa shape index (κ1) is 21.6. The van der Waals surface area contributed by atoms with Gasteiger partial charge in [0, 0.05) is 24.7 Å². The number of sulfonamides is 1. The van der Waals surface area contributed by atoms with Crippen molar-refractivity contribution in [3.05, 3.63) is 59.1 Å². The highest BCUT2D eigenvalue weighted by Crippen LogP contribution is 2.36. The van der Waals surface area contributed by atoms with Gasteiger partial charge in [-0.1, -0.05) is 29.8 Å². The summed E-state index contributed by atoms with van der Waals surface area (Å²) < 4.78 is 65.7. The van der Waals surface area contributed by atoms with Crippen molar-refractivity contribution in [2.45, 2.75) is 23.9 Å². The largest absolute Gasteiger partial charge is 0.417 e. The van der Waals surface area contributed by atoms with Crippen molar-refractivity contribution in [2.24, 2.45) is 5.92 Å². The van der Waals surface area contributed by atoms with E-state index in [0.717, 1.165) is 16.4 Å². The van der Waals surface area contributed by atoms with Gasteiger partial charge in [-0.15, -0.1) is 0 Å². The monoisotopic (exact) mass is 446 g/mol. The van der Waals surface area contributed by atoms with Crippen molar-refractivity contribution in [1.82, 2.24) is 4.31 Å². The van der Waals surface area contributed by atoms with E-state index < -0.39 is 31.7 Å². The Morgan fingerprint density at radius 2 is 1.69 bits per heavy atom. The van der Waals surface area contributed by atoms with Crippen LogP contribution in [0.3, 0.4) is 0 Å². The third-order valence-electron chi connectivity index (χ3n) is 4.75. The van der Waals surface area contributed by atoms with Crippen LogP contribution in [0.15, 0.2) is 53.4 Å². The van der Waals surface area contributed by atoms with Crippen LogP contribution in [-0.2, 0) is 21.0 Å². The zero-order valence-electron chi connectivity index (χ0n) is 15.1. The maximum atomic E-state index is 13.0. The molecule has 1 heterocycles. The van der Waals surface area contributed by atoms with Gasteiger partial charge in [-0.2, -0.15) is 17.5 Å². The summed E-state index contributed by atoms with van der Waals surface area (Å²) in [6.07, 6.45) is -4.21. The van der Waals surface area contributed by atoms with Gasteiger partial charge in [0.1, 0.15) is 0 Å². The van der Waals surface area contributed by atoms with Crippen LogP contribution in [0.5, 0.6) is 0 Å². The van der Waals surface area contributed by atoms with Gasteiger partial charge in [-0.05, 0) is 43.2 Å². The summed E-state index contributed by atoms with van der Waals surface area (Å²) in [6.45, 7) is 0.0817. The van der Waals surface area contributed by atoms with Crippen LogP contribution in [-0.4, -0.2) is 31.7 Å². The van der Waals surface area contributed by atoms with Crippen molar-refractivity contribution in [1.29, 1.82) is 0 Å². The Labute approximate surface area is 171 Å². The number of nitrogens with one attached hydrogen (secondary N) is 1. The minimum Gasteiger partial charge on any atom is -0.326 e. The lowest BCUT2D eigenvalue weighted by Crippen LogP contribution is -2.41. The first-order valence-corrected chi connectivity index (χ1v) is 10.6. The molecule has 1 aliphatic rings. The van der Waals surface area contributed by atoms with Crippen LogP contribution in [0.4, 0.5) is 18.9 Å². The molecular weight excluding hydrogens is 429 g/mol. The fourth-order valence-electron chi connectivity index (χ4n) is 3.16. The third-order valence-corrected chi connectivity index (χ3v) is 6.97. The molecule has 0 spiro atoms. The molecule has 29 heavy (non-hydrogen) atoms. The number of halogens is 4. The topological polar surface area (TPSA) is 66.5 Å². The predicted octanol–water partition coefficient (Wildman–Crippen LogP) is 4.40. The molecule has 1 amide bonds. The SMILES string of the molecule is O=C(Nc1ccccc1)C1CCN(S(=O)(=O)c2ccc(Cl)c(C(F)(F)F)c2)CC1. The Morgan fingerprint density at radius 3 is 2.28 bits per heavy atom. The molecule has 0 bridgehead atoms. The molecule has 0 atom stereocenters. The molecule has 0 radical (unpaired) electrons. The Hall–Kier alpha value is -2.10. The molecule has 156 valence electrons. The molecular formula is C19H18ClF3N2O3S. The molecule has 0 aliphatic carbocycles. The van der Waals surface area contributed by atoms with Gasteiger partial charge in [0.15, 0.2) is 0 Å². The van der Waals surface area contributed by atoms with E-state index in [4.69, 9.17) is 11.6 Å². The van der Waals surface area contributed by atoms with Gasteiger partial charge >= 0.3 is 6.18 Å². The quantitative estimate of drug-likeness (QED) is 0.757. The number of anilines is 1. The van der Waals surface area contributed by atoms with E-state index in [1.54, 1.807) is 24.3 Å². The standard InChI is InChI=1S/C19H18ClF3N2O3S/c20-17-7-6-15(12-16(17)19(21,22)23)29(27,28)25-10-8-13(9-11-25)18(26)24-14-4-2-1-3-5-14/h1-7,12-13H,8-11H2,(H,24,26). The number of rotatable bonds is 4. The number of alkyl halides is 3. The number of hydrogen-bond donors (Lipinski definition) is 1. The van der Waals surface area contributed by atoms with Crippen LogP contribution < -0.4 is 5.32 Å². The first-order valence-electron chi connectivity index (χ1n) is 8.82. The van der Waals surface area contributed by atoms with Gasteiger partial charge < -0.3 is 5.32 Å². The number of para-hydroxylation sites is 1. The first-order chi connectivity index (χ1) is 13.6. The minimum absolute atomic E-state index is 0.0409. The Balaban J connectivity index is 1.69. The lowest BCUT2D eigenvalue weighted by atomic mass is 9.97. The summed E-state index contributed by atoms with van der Waals surface area (Å²) in [5, 5.41) is 2.22. The zero-order valence-corrected chi connectivity index (χ0v) is 16.7. The molecule has 2 aromatic rings. The molecule has 0 saturated carbocycles. The van der Waals surface area contributed by atoms with Gasteiger partial charge in [-0.3, -0.25) is 4.79 Å². The summed E-state index contributed by atoms with van der Waals surface area (Å²) in [6, 6.07) is 11.4. The highest BCUT2D eigenvalue weighted by Gasteiger charge is 2.37. The molecule has 3 rings (SSSR count). The average molecular weight is 447 g/mol. The Morgan fingerprint density at radius 1 is 1.07 bits per heavy atom. The van der Waals surface area contributed by atoms with Gasteiger partial charge in [0.2, 0.25) is 15.9 Å². The average Bonchev–Trinajstić information content (AvgIpc) is 2.68. The van der Waals surface area contributed by atoms with E-state index >= 15 is 0 Å². The second-order valence-electron chi connectivity index (χ2n) is 6.67. The summed E-state index contributed by atoms with van der Waals surface area (Å²) in [5.41, 5.74) is -0.550. The summed E-state index contributed by atoms with van der Waals surface area (Å²) in [4.78, 5) is 11.9. The lowest BCUT2D eigenvalue weighted by molar-refractivity contribution is -0.137. The number of benzene rings is 2. The highest BCUT2D eigenvalue weighted by atomic mass is 35.5. The molecule has 0 unspecified atom stereocenters. The third kappa shape index (κ3) is 4.91. The van der Waals surface area contributed by atoms with Crippen molar-refractivity contribution < 1.29 is 26.4 Å². The second kappa shape index (κ2) is 8.33. The van der Waals surface area contributed by atoms with Crippen LogP contribution >= 0.6 is 11.6 Å². The smallest absolute Gasteiger partial charge is 0.326 e. The highest BCUT2D eigenvalue weighted by molar-refractivity contribution is 7.89. The summed E-state index contributed by atoms with van der Waals surface area (Å²) >= 11 is 5.56. The molecule has 10 heteroatoms. The fraction of sp³-hybridized carbons (Fsp3) is 0.316. The van der Waals surface area contributed by atoms with Crippen molar-refractivity contribution >= 4 is 33.2 Å². The van der Waals surface area contributed by atoms with E-state index in [1.807, 2.05) is 6.07 Å². The van der Waals surface area contributed by atoms with Gasteiger partial charge in [0.25, 0.3) is 0 Å². The maximum Gasteiger partial charge on any atom is 0.417 e. The van der Waals surface area contributed by atoms with Crippen LogP contribution in [0.25, 0.3) is 0 Å². The van der Waals surface area contributed by atoms with E-state index in [9.17, 15) is 26.4 Å². The molecule has 5 nitrogen and oxygen atoms in total. The zero-order chi connectivity index (χ0) is 21.2. The van der Waals surface area contributed by atoms with Crippen molar-refractivity contribution in [3.8, 4) is 0 Å². The Kier molecular flexibility index (Phi) is 6.21. The summed E-state index contributed by atoms with van der Waals surface area (Å²) in [7, 11) is -4.13. The van der Waals surface area contributed by atoms with Crippen LogP contribution in [0, 0.1) is 5.92 Å². The molecule has 1 saturated heterocycles. The lowest BCUT2D eigenvalue weighted by Gasteiger charge is -2.30. The minimum atomic E-state index is -4.76. The number of amides is 1. The molecule has 1 fully saturated rings. The van der Waals surface area contributed by atoms with E-state index in [0.29, 0.717) is 11.8 Å². The maximum absolute atomic E-state index is 13.0. The van der Waals surface area contributed by atoms with E-state index in [2.05, 4.69) is 5.32 Å². The number of carbonyl (C=O) groups is 1. The van der Waals surface area contributed by atoms with Gasteiger partial charge in [-0.25, -0.2) is 8.42 Å². The number of carbonyl (C=O) groups excluding carboxylic acids is 1. The normalized spacial score (nSPS) is 16.6. The number of piperidine rings is 1. The van der Waals surface area contributed by atoms with E-state index in [-0.39, 0.29) is 37.8 Å². The number of hydrogen-bond acceptors (Lipinski definition) is 3. The second-order valence-corrected chi connectivity index (χ2v) is 9.02.